The molecule has 1 aliphatic heterocycles. The van der Waals surface area contributed by atoms with Crippen molar-refractivity contribution in [3.63, 3.8) is 0 Å². The number of anilines is 2. The normalized spacial score (nSPS) is 13.8. The number of carbonyl (C=O) groups excluding carboxylic acids is 1. The zero-order chi connectivity index (χ0) is 18.4. The molecular weight excluding hydrogens is 330 g/mol. The molecule has 26 heavy (non-hydrogen) atoms. The van der Waals surface area contributed by atoms with Crippen molar-refractivity contribution in [2.75, 3.05) is 30.6 Å². The molecule has 0 aliphatic carbocycles. The molecule has 0 bridgehead atoms. The van der Waals surface area contributed by atoms with E-state index in [1.54, 1.807) is 14.0 Å². The van der Waals surface area contributed by atoms with Gasteiger partial charge in [-0.05, 0) is 55.7 Å². The van der Waals surface area contributed by atoms with Crippen LogP contribution in [0.25, 0.3) is 0 Å². The Morgan fingerprint density at radius 3 is 2.69 bits per heavy atom. The maximum absolute atomic E-state index is 12.5. The highest BCUT2D eigenvalue weighted by Crippen LogP contribution is 2.27. The van der Waals surface area contributed by atoms with Crippen LogP contribution >= 0.6 is 0 Å². The number of methoxy groups -OCH3 is 1. The van der Waals surface area contributed by atoms with Crippen LogP contribution in [0.3, 0.4) is 0 Å². The fourth-order valence-electron chi connectivity index (χ4n) is 2.95. The van der Waals surface area contributed by atoms with Crippen molar-refractivity contribution in [1.29, 1.82) is 0 Å². The standard InChI is InChI=1S/C20H23N3O3/c1-3-26-20(24)19(22-21-16-10-12-17(25-2)13-11-16)23-14-6-8-15-7-4-5-9-18(15)23/h4-5,7,9-13,21H,3,6,8,14H2,1-2H3. The second-order valence-electron chi connectivity index (χ2n) is 5.88. The molecule has 6 nitrogen and oxygen atoms in total. The molecule has 0 aromatic heterocycles. The van der Waals surface area contributed by atoms with E-state index in [1.165, 1.54) is 5.56 Å². The third-order valence-electron chi connectivity index (χ3n) is 4.20. The molecule has 0 saturated heterocycles. The van der Waals surface area contributed by atoms with E-state index >= 15 is 0 Å². The van der Waals surface area contributed by atoms with Gasteiger partial charge in [-0.25, -0.2) is 4.79 Å². The Balaban J connectivity index is 1.89. The molecule has 0 radical (unpaired) electrons. The van der Waals surface area contributed by atoms with Crippen molar-refractivity contribution < 1.29 is 14.3 Å². The topological polar surface area (TPSA) is 63.2 Å². The number of fused-ring (bicyclic) bond motifs is 1. The fourth-order valence-corrected chi connectivity index (χ4v) is 2.95. The van der Waals surface area contributed by atoms with E-state index in [2.05, 4.69) is 16.6 Å². The molecule has 2 aromatic rings. The molecule has 0 amide bonds. The quantitative estimate of drug-likeness (QED) is 0.395. The summed E-state index contributed by atoms with van der Waals surface area (Å²) in [5.74, 6) is 0.579. The Morgan fingerprint density at radius 1 is 1.19 bits per heavy atom. The first-order valence-corrected chi connectivity index (χ1v) is 8.73. The molecule has 0 saturated carbocycles. The molecule has 1 heterocycles. The predicted molar refractivity (Wildman–Crippen MR) is 103 cm³/mol. The third kappa shape index (κ3) is 3.96. The van der Waals surface area contributed by atoms with Gasteiger partial charge in [0.1, 0.15) is 5.75 Å². The highest BCUT2D eigenvalue weighted by molar-refractivity contribution is 6.41. The van der Waals surface area contributed by atoms with Crippen LogP contribution in [0.15, 0.2) is 53.6 Å². The smallest absolute Gasteiger partial charge is 0.376 e. The van der Waals surface area contributed by atoms with Gasteiger partial charge in [-0.1, -0.05) is 18.2 Å². The molecule has 1 N–H and O–H groups in total. The predicted octanol–water partition coefficient (Wildman–Crippen LogP) is 3.44. The lowest BCUT2D eigenvalue weighted by Gasteiger charge is -2.30. The molecule has 0 spiro atoms. The maximum Gasteiger partial charge on any atom is 0.376 e. The van der Waals surface area contributed by atoms with Crippen LogP contribution in [0.1, 0.15) is 18.9 Å². The fraction of sp³-hybridized carbons (Fsp3) is 0.300. The van der Waals surface area contributed by atoms with E-state index in [1.807, 2.05) is 47.4 Å². The van der Waals surface area contributed by atoms with E-state index in [9.17, 15) is 4.79 Å². The number of hydrogen-bond acceptors (Lipinski definition) is 5. The van der Waals surface area contributed by atoms with Gasteiger partial charge in [0.15, 0.2) is 0 Å². The SMILES string of the molecule is CCOC(=O)C(=NNc1ccc(OC)cc1)N1CCCc2ccccc21. The number of hydrazone groups is 1. The largest absolute Gasteiger partial charge is 0.497 e. The Hall–Kier alpha value is -3.02. The highest BCUT2D eigenvalue weighted by atomic mass is 16.5. The highest BCUT2D eigenvalue weighted by Gasteiger charge is 2.26. The molecule has 0 atom stereocenters. The number of rotatable bonds is 4. The van der Waals surface area contributed by atoms with Gasteiger partial charge in [0, 0.05) is 12.2 Å². The first kappa shape index (κ1) is 17.8. The summed E-state index contributed by atoms with van der Waals surface area (Å²) in [6.45, 7) is 2.81. The summed E-state index contributed by atoms with van der Waals surface area (Å²) in [5, 5.41) is 4.37. The van der Waals surface area contributed by atoms with Gasteiger partial charge in [-0.15, -0.1) is 5.10 Å². The number of hydrogen-bond donors (Lipinski definition) is 1. The summed E-state index contributed by atoms with van der Waals surface area (Å²) in [4.78, 5) is 14.4. The van der Waals surface area contributed by atoms with Crippen LogP contribution in [-0.4, -0.2) is 32.1 Å². The first-order chi connectivity index (χ1) is 12.7. The van der Waals surface area contributed by atoms with Crippen molar-refractivity contribution in [3.05, 3.63) is 54.1 Å². The summed E-state index contributed by atoms with van der Waals surface area (Å²) in [7, 11) is 1.62. The van der Waals surface area contributed by atoms with E-state index in [0.29, 0.717) is 6.61 Å². The van der Waals surface area contributed by atoms with Crippen LogP contribution in [0.2, 0.25) is 0 Å². The number of nitrogens with zero attached hydrogens (tertiary/aromatic N) is 2. The van der Waals surface area contributed by atoms with Gasteiger partial charge in [0.2, 0.25) is 5.84 Å². The minimum absolute atomic E-state index is 0.259. The van der Waals surface area contributed by atoms with Crippen LogP contribution in [0.5, 0.6) is 5.75 Å². The summed E-state index contributed by atoms with van der Waals surface area (Å²) >= 11 is 0. The van der Waals surface area contributed by atoms with Gasteiger partial charge < -0.3 is 14.4 Å². The van der Waals surface area contributed by atoms with Crippen molar-refractivity contribution in [1.82, 2.24) is 0 Å². The Morgan fingerprint density at radius 2 is 1.96 bits per heavy atom. The van der Waals surface area contributed by atoms with Crippen LogP contribution in [-0.2, 0) is 16.0 Å². The number of ether oxygens (including phenoxy) is 2. The van der Waals surface area contributed by atoms with Crippen molar-refractivity contribution in [2.45, 2.75) is 19.8 Å². The molecule has 2 aromatic carbocycles. The van der Waals surface area contributed by atoms with E-state index < -0.39 is 5.97 Å². The van der Waals surface area contributed by atoms with Crippen LogP contribution in [0, 0.1) is 0 Å². The van der Waals surface area contributed by atoms with Crippen LogP contribution in [0.4, 0.5) is 11.4 Å². The second kappa shape index (κ2) is 8.38. The van der Waals surface area contributed by atoms with Crippen molar-refractivity contribution in [2.24, 2.45) is 5.10 Å². The summed E-state index contributed by atoms with van der Waals surface area (Å²) < 4.78 is 10.4. The lowest BCUT2D eigenvalue weighted by atomic mass is 10.0. The minimum atomic E-state index is -0.440. The average molecular weight is 353 g/mol. The summed E-state index contributed by atoms with van der Waals surface area (Å²) in [5.41, 5.74) is 5.93. The third-order valence-corrected chi connectivity index (χ3v) is 4.20. The lowest BCUT2D eigenvalue weighted by molar-refractivity contribution is -0.135. The second-order valence-corrected chi connectivity index (χ2v) is 5.88. The zero-order valence-corrected chi connectivity index (χ0v) is 15.1. The number of carbonyl (C=O) groups is 1. The number of aryl methyl sites for hydroxylation is 1. The molecule has 3 rings (SSSR count). The minimum Gasteiger partial charge on any atom is -0.497 e. The Labute approximate surface area is 153 Å². The van der Waals surface area contributed by atoms with Gasteiger partial charge >= 0.3 is 5.97 Å². The molecule has 6 heteroatoms. The monoisotopic (exact) mass is 353 g/mol. The Bertz CT molecular complexity index is 787. The molecular formula is C20H23N3O3. The van der Waals surface area contributed by atoms with Gasteiger partial charge in [-0.3, -0.25) is 5.43 Å². The summed E-state index contributed by atoms with van der Waals surface area (Å²) in [6.07, 6.45) is 1.95. The van der Waals surface area contributed by atoms with Gasteiger partial charge in [0.05, 0.1) is 19.4 Å². The molecule has 0 fully saturated rings. The number of para-hydroxylation sites is 1. The van der Waals surface area contributed by atoms with Gasteiger partial charge in [0.25, 0.3) is 0 Å². The number of nitrogens with one attached hydrogen (secondary N) is 1. The number of esters is 1. The lowest BCUT2D eigenvalue weighted by Crippen LogP contribution is -2.41. The van der Waals surface area contributed by atoms with E-state index in [0.717, 1.165) is 36.5 Å². The van der Waals surface area contributed by atoms with Crippen molar-refractivity contribution in [3.8, 4) is 5.75 Å². The first-order valence-electron chi connectivity index (χ1n) is 8.73. The summed E-state index contributed by atoms with van der Waals surface area (Å²) in [6, 6.07) is 15.4. The number of amidine groups is 1. The van der Waals surface area contributed by atoms with E-state index in [-0.39, 0.29) is 5.84 Å². The van der Waals surface area contributed by atoms with Crippen LogP contribution < -0.4 is 15.1 Å². The maximum atomic E-state index is 12.5. The molecule has 1 aliphatic rings. The molecule has 0 unspecified atom stereocenters. The number of benzene rings is 2. The van der Waals surface area contributed by atoms with Gasteiger partial charge in [-0.2, -0.15) is 0 Å². The van der Waals surface area contributed by atoms with E-state index in [4.69, 9.17) is 9.47 Å². The van der Waals surface area contributed by atoms with Crippen molar-refractivity contribution >= 4 is 23.2 Å². The Kier molecular flexibility index (Phi) is 5.73. The molecule has 136 valence electrons. The average Bonchev–Trinajstić information content (AvgIpc) is 2.69. The zero-order valence-electron chi connectivity index (χ0n) is 15.1.